The number of benzene rings is 1. The number of rotatable bonds is 1. The molecule has 0 radical (unpaired) electrons. The van der Waals surface area contributed by atoms with Crippen molar-refractivity contribution in [2.24, 2.45) is 5.11 Å². The molecule has 0 atom stereocenters. The summed E-state index contributed by atoms with van der Waals surface area (Å²) < 4.78 is 12.4. The topological polar surface area (TPSA) is 69.0 Å². The first kappa shape index (κ1) is 7.37. The highest BCUT2D eigenvalue weighted by molar-refractivity contribution is 5.43. The van der Waals surface area contributed by atoms with Crippen LogP contribution in [0.25, 0.3) is 10.4 Å². The van der Waals surface area contributed by atoms with E-state index in [0.29, 0.717) is 0 Å². The maximum atomic E-state index is 12.4. The Hall–Kier alpha value is -1.74. The van der Waals surface area contributed by atoms with Gasteiger partial charge in [-0.05, 0) is 23.7 Å². The smallest absolute Gasteiger partial charge is 0.164 e. The fourth-order valence-corrected chi connectivity index (χ4v) is 0.615. The summed E-state index contributed by atoms with van der Waals surface area (Å²) in [5, 5.41) is 11.9. The standard InChI is InChI=1S/C6H4FN3O/c7-5-2-1-4(9-10-8)3-6(5)11/h1-3,11H. The molecule has 0 spiro atoms. The van der Waals surface area contributed by atoms with Crippen molar-refractivity contribution in [2.75, 3.05) is 0 Å². The molecule has 4 nitrogen and oxygen atoms in total. The second kappa shape index (κ2) is 2.90. The molecular formula is C6H4FN3O. The Kier molecular flexibility index (Phi) is 1.94. The lowest BCUT2D eigenvalue weighted by Gasteiger charge is -1.94. The average Bonchev–Trinajstić information content (AvgIpc) is 1.98. The first-order chi connectivity index (χ1) is 5.24. The number of hydrogen-bond donors (Lipinski definition) is 1. The van der Waals surface area contributed by atoms with Crippen LogP contribution in [0.3, 0.4) is 0 Å². The SMILES string of the molecule is [N-]=[N+]=Nc1ccc(F)c(O)c1. The zero-order valence-electron chi connectivity index (χ0n) is 5.40. The highest BCUT2D eigenvalue weighted by atomic mass is 19.1. The monoisotopic (exact) mass is 153 g/mol. The lowest BCUT2D eigenvalue weighted by molar-refractivity contribution is 0.432. The van der Waals surface area contributed by atoms with E-state index in [0.717, 1.165) is 12.1 Å². The summed E-state index contributed by atoms with van der Waals surface area (Å²) in [7, 11) is 0. The van der Waals surface area contributed by atoms with Crippen LogP contribution in [0.4, 0.5) is 10.1 Å². The average molecular weight is 153 g/mol. The van der Waals surface area contributed by atoms with Crippen LogP contribution >= 0.6 is 0 Å². The molecule has 1 N–H and O–H groups in total. The van der Waals surface area contributed by atoms with Gasteiger partial charge in [0.05, 0.1) is 0 Å². The summed E-state index contributed by atoms with van der Waals surface area (Å²) in [6.45, 7) is 0. The van der Waals surface area contributed by atoms with Crippen LogP contribution in [0, 0.1) is 5.82 Å². The van der Waals surface area contributed by atoms with Crippen LogP contribution in [0.5, 0.6) is 5.75 Å². The minimum atomic E-state index is -0.734. The summed E-state index contributed by atoms with van der Waals surface area (Å²) in [6.07, 6.45) is 0. The van der Waals surface area contributed by atoms with E-state index in [1.54, 1.807) is 0 Å². The van der Waals surface area contributed by atoms with Crippen molar-refractivity contribution >= 4 is 5.69 Å². The van der Waals surface area contributed by atoms with Crippen molar-refractivity contribution in [1.82, 2.24) is 0 Å². The number of aromatic hydroxyl groups is 1. The van der Waals surface area contributed by atoms with E-state index in [9.17, 15) is 4.39 Å². The Balaban J connectivity index is 3.14. The number of phenols is 1. The van der Waals surface area contributed by atoms with Gasteiger partial charge in [-0.25, -0.2) is 4.39 Å². The third-order valence-corrected chi connectivity index (χ3v) is 1.09. The second-order valence-electron chi connectivity index (χ2n) is 1.83. The Morgan fingerprint density at radius 2 is 2.27 bits per heavy atom. The molecule has 0 fully saturated rings. The van der Waals surface area contributed by atoms with Crippen LogP contribution in [0.2, 0.25) is 0 Å². The predicted molar refractivity (Wildman–Crippen MR) is 36.9 cm³/mol. The Bertz CT molecular complexity index is 320. The van der Waals surface area contributed by atoms with Gasteiger partial charge in [-0.3, -0.25) is 0 Å². The fourth-order valence-electron chi connectivity index (χ4n) is 0.615. The van der Waals surface area contributed by atoms with Gasteiger partial charge >= 0.3 is 0 Å². The Morgan fingerprint density at radius 1 is 1.55 bits per heavy atom. The van der Waals surface area contributed by atoms with Crippen LogP contribution in [0.1, 0.15) is 0 Å². The highest BCUT2D eigenvalue weighted by Gasteiger charge is 1.98. The lowest BCUT2D eigenvalue weighted by atomic mass is 10.3. The number of halogens is 1. The largest absolute Gasteiger partial charge is 0.505 e. The summed E-state index contributed by atoms with van der Waals surface area (Å²) in [5.41, 5.74) is 8.15. The van der Waals surface area contributed by atoms with Gasteiger partial charge < -0.3 is 5.11 Å². The normalized spacial score (nSPS) is 8.82. The first-order valence-corrected chi connectivity index (χ1v) is 2.77. The van der Waals surface area contributed by atoms with E-state index in [4.69, 9.17) is 10.6 Å². The van der Waals surface area contributed by atoms with Crippen molar-refractivity contribution in [3.63, 3.8) is 0 Å². The molecule has 0 amide bonds. The van der Waals surface area contributed by atoms with Gasteiger partial charge in [0.1, 0.15) is 0 Å². The molecule has 0 bridgehead atoms. The first-order valence-electron chi connectivity index (χ1n) is 2.77. The molecular weight excluding hydrogens is 149 g/mol. The van der Waals surface area contributed by atoms with Gasteiger partial charge in [0, 0.05) is 10.6 Å². The molecule has 5 heteroatoms. The maximum Gasteiger partial charge on any atom is 0.164 e. The van der Waals surface area contributed by atoms with E-state index in [1.807, 2.05) is 0 Å². The Morgan fingerprint density at radius 3 is 2.82 bits per heavy atom. The molecule has 0 saturated carbocycles. The van der Waals surface area contributed by atoms with E-state index >= 15 is 0 Å². The number of nitrogens with zero attached hydrogens (tertiary/aromatic N) is 3. The lowest BCUT2D eigenvalue weighted by Crippen LogP contribution is -1.72. The summed E-state index contributed by atoms with van der Waals surface area (Å²) in [6, 6.07) is 3.35. The van der Waals surface area contributed by atoms with Crippen LogP contribution in [0.15, 0.2) is 23.3 Å². The summed E-state index contributed by atoms with van der Waals surface area (Å²) in [5.74, 6) is -1.25. The highest BCUT2D eigenvalue weighted by Crippen LogP contribution is 2.21. The van der Waals surface area contributed by atoms with Gasteiger partial charge in [-0.15, -0.1) is 0 Å². The van der Waals surface area contributed by atoms with E-state index in [-0.39, 0.29) is 5.69 Å². The van der Waals surface area contributed by atoms with Crippen molar-refractivity contribution in [3.05, 3.63) is 34.5 Å². The van der Waals surface area contributed by atoms with Crippen molar-refractivity contribution in [3.8, 4) is 5.75 Å². The number of phenolic OH excluding ortho intramolecular Hbond substituents is 1. The predicted octanol–water partition coefficient (Wildman–Crippen LogP) is 2.47. The molecule has 1 rings (SSSR count). The van der Waals surface area contributed by atoms with E-state index in [2.05, 4.69) is 10.0 Å². The molecule has 0 saturated heterocycles. The number of azide groups is 1. The van der Waals surface area contributed by atoms with E-state index < -0.39 is 11.6 Å². The zero-order valence-corrected chi connectivity index (χ0v) is 5.40. The molecule has 0 heterocycles. The second-order valence-corrected chi connectivity index (χ2v) is 1.83. The minimum absolute atomic E-state index is 0.186. The third kappa shape index (κ3) is 1.59. The van der Waals surface area contributed by atoms with Gasteiger partial charge in [-0.1, -0.05) is 5.11 Å². The van der Waals surface area contributed by atoms with Crippen LogP contribution in [-0.4, -0.2) is 5.11 Å². The van der Waals surface area contributed by atoms with Crippen molar-refractivity contribution < 1.29 is 9.50 Å². The van der Waals surface area contributed by atoms with Crippen LogP contribution in [-0.2, 0) is 0 Å². The molecule has 56 valence electrons. The third-order valence-electron chi connectivity index (χ3n) is 1.09. The summed E-state index contributed by atoms with van der Waals surface area (Å²) >= 11 is 0. The molecule has 0 aliphatic heterocycles. The van der Waals surface area contributed by atoms with Crippen LogP contribution < -0.4 is 0 Å². The Labute approximate surface area is 61.5 Å². The van der Waals surface area contributed by atoms with E-state index in [1.165, 1.54) is 6.07 Å². The molecule has 0 unspecified atom stereocenters. The summed E-state index contributed by atoms with van der Waals surface area (Å²) in [4.78, 5) is 2.47. The van der Waals surface area contributed by atoms with Gasteiger partial charge in [0.25, 0.3) is 0 Å². The number of hydrogen-bond acceptors (Lipinski definition) is 2. The minimum Gasteiger partial charge on any atom is -0.505 e. The molecule has 1 aromatic rings. The van der Waals surface area contributed by atoms with Gasteiger partial charge in [0.15, 0.2) is 11.6 Å². The molecule has 11 heavy (non-hydrogen) atoms. The molecule has 1 aromatic carbocycles. The zero-order chi connectivity index (χ0) is 8.27. The fraction of sp³-hybridized carbons (Fsp3) is 0. The maximum absolute atomic E-state index is 12.4. The van der Waals surface area contributed by atoms with Crippen molar-refractivity contribution in [2.45, 2.75) is 0 Å². The molecule has 0 aliphatic carbocycles. The van der Waals surface area contributed by atoms with Crippen molar-refractivity contribution in [1.29, 1.82) is 0 Å². The van der Waals surface area contributed by atoms with Gasteiger partial charge in [-0.2, -0.15) is 0 Å². The molecule has 0 aromatic heterocycles. The molecule has 0 aliphatic rings. The van der Waals surface area contributed by atoms with Gasteiger partial charge in [0.2, 0.25) is 0 Å². The quantitative estimate of drug-likeness (QED) is 0.375.